The summed E-state index contributed by atoms with van der Waals surface area (Å²) in [7, 11) is 0. The Balaban J connectivity index is 2.31. The fourth-order valence-electron chi connectivity index (χ4n) is 1.60. The van der Waals surface area contributed by atoms with Crippen molar-refractivity contribution in [1.29, 1.82) is 0 Å². The molecule has 1 heterocycles. The molecule has 82 valence electrons. The predicted molar refractivity (Wildman–Crippen MR) is 62.4 cm³/mol. The van der Waals surface area contributed by atoms with Crippen molar-refractivity contribution in [2.75, 3.05) is 19.8 Å². The normalized spacial score (nSPS) is 21.6. The van der Waals surface area contributed by atoms with E-state index in [2.05, 4.69) is 21.2 Å². The summed E-state index contributed by atoms with van der Waals surface area (Å²) >= 11 is 9.11. The number of morpholine rings is 1. The van der Waals surface area contributed by atoms with Gasteiger partial charge in [0.1, 0.15) is 5.75 Å². The maximum Gasteiger partial charge on any atom is 0.136 e. The second kappa shape index (κ2) is 4.70. The van der Waals surface area contributed by atoms with Crippen molar-refractivity contribution >= 4 is 27.5 Å². The fourth-order valence-corrected chi connectivity index (χ4v) is 2.11. The third-order valence-corrected chi connectivity index (χ3v) is 3.74. The lowest BCUT2D eigenvalue weighted by molar-refractivity contribution is 0.0760. The molecule has 5 heteroatoms. The van der Waals surface area contributed by atoms with Crippen LogP contribution in [-0.2, 0) is 4.74 Å². The fraction of sp³-hybridized carbons (Fsp3) is 0.400. The molecule has 1 aromatic carbocycles. The largest absolute Gasteiger partial charge is 0.506 e. The van der Waals surface area contributed by atoms with E-state index in [1.54, 1.807) is 6.07 Å². The quantitative estimate of drug-likeness (QED) is 0.835. The Morgan fingerprint density at radius 2 is 2.33 bits per heavy atom. The highest BCUT2D eigenvalue weighted by Gasteiger charge is 2.20. The summed E-state index contributed by atoms with van der Waals surface area (Å²) in [5, 5.41) is 13.7. The van der Waals surface area contributed by atoms with E-state index in [1.165, 1.54) is 0 Å². The van der Waals surface area contributed by atoms with Crippen LogP contribution in [0.4, 0.5) is 0 Å². The predicted octanol–water partition coefficient (Wildman–Crippen LogP) is 2.47. The molecule has 2 N–H and O–H groups in total. The first-order valence-corrected chi connectivity index (χ1v) is 5.85. The number of phenols is 1. The van der Waals surface area contributed by atoms with Crippen LogP contribution in [0.3, 0.4) is 0 Å². The van der Waals surface area contributed by atoms with E-state index in [9.17, 15) is 5.11 Å². The van der Waals surface area contributed by atoms with Crippen molar-refractivity contribution in [3.8, 4) is 5.75 Å². The van der Waals surface area contributed by atoms with E-state index in [1.807, 2.05) is 6.07 Å². The van der Waals surface area contributed by atoms with Gasteiger partial charge in [-0.15, -0.1) is 0 Å². The van der Waals surface area contributed by atoms with Crippen LogP contribution in [0.5, 0.6) is 5.75 Å². The van der Waals surface area contributed by atoms with Crippen molar-refractivity contribution in [2.24, 2.45) is 0 Å². The molecule has 1 saturated heterocycles. The molecule has 0 radical (unpaired) electrons. The number of halogens is 2. The number of hydrogen-bond donors (Lipinski definition) is 2. The Morgan fingerprint density at radius 3 is 3.00 bits per heavy atom. The average Bonchev–Trinajstić information content (AvgIpc) is 2.27. The molecule has 15 heavy (non-hydrogen) atoms. The van der Waals surface area contributed by atoms with Crippen molar-refractivity contribution in [2.45, 2.75) is 6.04 Å². The maximum absolute atomic E-state index is 9.90. The van der Waals surface area contributed by atoms with Crippen LogP contribution < -0.4 is 5.32 Å². The zero-order valence-corrected chi connectivity index (χ0v) is 10.3. The maximum atomic E-state index is 9.90. The number of ether oxygens (including phenoxy) is 1. The molecular weight excluding hydrogens is 281 g/mol. The number of rotatable bonds is 1. The SMILES string of the molecule is Oc1c([C@H]2COCCN2)ccc(Cl)c1Br. The standard InChI is InChI=1S/C10H11BrClNO2/c11-9-7(12)2-1-6(10(9)14)8-5-15-4-3-13-8/h1-2,8,13-14H,3-5H2/t8-/m1/s1. The lowest BCUT2D eigenvalue weighted by atomic mass is 10.1. The molecule has 0 bridgehead atoms. The summed E-state index contributed by atoms with van der Waals surface area (Å²) in [6.07, 6.45) is 0. The summed E-state index contributed by atoms with van der Waals surface area (Å²) in [5.41, 5.74) is 0.811. The molecule has 0 spiro atoms. The summed E-state index contributed by atoms with van der Waals surface area (Å²) in [5.74, 6) is 0.186. The van der Waals surface area contributed by atoms with E-state index < -0.39 is 0 Å². The minimum atomic E-state index is 0.0346. The van der Waals surface area contributed by atoms with Gasteiger partial charge in [-0.25, -0.2) is 0 Å². The molecule has 0 unspecified atom stereocenters. The van der Waals surface area contributed by atoms with Gasteiger partial charge in [-0.2, -0.15) is 0 Å². The number of aromatic hydroxyl groups is 1. The van der Waals surface area contributed by atoms with Crippen LogP contribution in [0.1, 0.15) is 11.6 Å². The Morgan fingerprint density at radius 1 is 1.53 bits per heavy atom. The van der Waals surface area contributed by atoms with Crippen LogP contribution in [0.25, 0.3) is 0 Å². The first-order chi connectivity index (χ1) is 7.20. The third-order valence-electron chi connectivity index (χ3n) is 2.40. The van der Waals surface area contributed by atoms with Crippen molar-refractivity contribution < 1.29 is 9.84 Å². The Bertz CT molecular complexity index is 367. The van der Waals surface area contributed by atoms with Crippen LogP contribution in [0.2, 0.25) is 5.02 Å². The van der Waals surface area contributed by atoms with Gasteiger partial charge in [0.25, 0.3) is 0 Å². The second-order valence-electron chi connectivity index (χ2n) is 3.38. The van der Waals surface area contributed by atoms with Gasteiger partial charge >= 0.3 is 0 Å². The molecule has 2 rings (SSSR count). The Kier molecular flexibility index (Phi) is 3.51. The number of nitrogens with one attached hydrogen (secondary N) is 1. The molecular formula is C10H11BrClNO2. The molecule has 1 aromatic rings. The van der Waals surface area contributed by atoms with Crippen molar-refractivity contribution in [3.05, 3.63) is 27.2 Å². The average molecular weight is 293 g/mol. The first-order valence-electron chi connectivity index (χ1n) is 4.68. The van der Waals surface area contributed by atoms with E-state index in [0.717, 1.165) is 12.1 Å². The lowest BCUT2D eigenvalue weighted by Crippen LogP contribution is -2.34. The molecule has 0 amide bonds. The first kappa shape index (κ1) is 11.2. The van der Waals surface area contributed by atoms with Crippen molar-refractivity contribution in [3.63, 3.8) is 0 Å². The van der Waals surface area contributed by atoms with Gasteiger partial charge in [0.15, 0.2) is 0 Å². The molecule has 0 aromatic heterocycles. The molecule has 1 fully saturated rings. The third kappa shape index (κ3) is 2.28. The number of hydrogen-bond acceptors (Lipinski definition) is 3. The molecule has 1 aliphatic rings. The minimum Gasteiger partial charge on any atom is -0.506 e. The van der Waals surface area contributed by atoms with Gasteiger partial charge in [-0.1, -0.05) is 17.7 Å². The second-order valence-corrected chi connectivity index (χ2v) is 4.58. The lowest BCUT2D eigenvalue weighted by Gasteiger charge is -2.25. The number of benzene rings is 1. The van der Waals surface area contributed by atoms with Crippen LogP contribution in [0.15, 0.2) is 16.6 Å². The van der Waals surface area contributed by atoms with Crippen molar-refractivity contribution in [1.82, 2.24) is 5.32 Å². The van der Waals surface area contributed by atoms with Crippen LogP contribution >= 0.6 is 27.5 Å². The van der Waals surface area contributed by atoms with Gasteiger partial charge in [-0.3, -0.25) is 0 Å². The molecule has 0 saturated carbocycles. The van der Waals surface area contributed by atoms with Gasteiger partial charge in [0.05, 0.1) is 28.8 Å². The van der Waals surface area contributed by atoms with E-state index in [4.69, 9.17) is 16.3 Å². The summed E-state index contributed by atoms with van der Waals surface area (Å²) < 4.78 is 5.88. The number of phenolic OH excluding ortho intramolecular Hbond substituents is 1. The van der Waals surface area contributed by atoms with E-state index in [-0.39, 0.29) is 11.8 Å². The summed E-state index contributed by atoms with van der Waals surface area (Å²) in [6.45, 7) is 2.08. The van der Waals surface area contributed by atoms with Gasteiger partial charge < -0.3 is 15.2 Å². The highest BCUT2D eigenvalue weighted by Crippen LogP contribution is 2.37. The molecule has 1 atom stereocenters. The minimum absolute atomic E-state index is 0.0346. The zero-order chi connectivity index (χ0) is 10.8. The smallest absolute Gasteiger partial charge is 0.136 e. The van der Waals surface area contributed by atoms with Gasteiger partial charge in [0, 0.05) is 12.1 Å². The molecule has 1 aliphatic heterocycles. The Hall–Kier alpha value is -0.290. The summed E-state index contributed by atoms with van der Waals surface area (Å²) in [6, 6.07) is 3.61. The highest BCUT2D eigenvalue weighted by molar-refractivity contribution is 9.10. The van der Waals surface area contributed by atoms with Crippen LogP contribution in [-0.4, -0.2) is 24.9 Å². The zero-order valence-electron chi connectivity index (χ0n) is 7.96. The summed E-state index contributed by atoms with van der Waals surface area (Å²) in [4.78, 5) is 0. The molecule has 3 nitrogen and oxygen atoms in total. The van der Waals surface area contributed by atoms with Gasteiger partial charge in [-0.05, 0) is 22.0 Å². The van der Waals surface area contributed by atoms with E-state index >= 15 is 0 Å². The topological polar surface area (TPSA) is 41.5 Å². The monoisotopic (exact) mass is 291 g/mol. The van der Waals surface area contributed by atoms with E-state index in [0.29, 0.717) is 22.7 Å². The van der Waals surface area contributed by atoms with Gasteiger partial charge in [0.2, 0.25) is 0 Å². The highest BCUT2D eigenvalue weighted by atomic mass is 79.9. The van der Waals surface area contributed by atoms with Crippen LogP contribution in [0, 0.1) is 0 Å². The molecule has 0 aliphatic carbocycles. The Labute approximate surface area is 102 Å².